The Kier molecular flexibility index (Phi) is 12.1. The molecule has 0 aliphatic rings. The number of methoxy groups -OCH3 is 1. The Morgan fingerprint density at radius 3 is 1.74 bits per heavy atom. The highest BCUT2D eigenvalue weighted by molar-refractivity contribution is 5.15. The topological polar surface area (TPSA) is 46.2 Å². The number of rotatable bonds is 16. The molecule has 0 saturated carbocycles. The molecule has 2 atom stereocenters. The Morgan fingerprint density at radius 2 is 1.18 bits per heavy atom. The van der Waals surface area contributed by atoms with E-state index < -0.39 is 0 Å². The van der Waals surface area contributed by atoms with E-state index in [0.29, 0.717) is 33.0 Å². The first-order valence-electron chi connectivity index (χ1n) is 11.5. The molecule has 5 nitrogen and oxygen atoms in total. The lowest BCUT2D eigenvalue weighted by molar-refractivity contribution is -0.142. The third-order valence-corrected chi connectivity index (χ3v) is 5.10. The van der Waals surface area contributed by atoms with Gasteiger partial charge < -0.3 is 23.7 Å². The van der Waals surface area contributed by atoms with Crippen LogP contribution in [0.5, 0.6) is 0 Å². The van der Waals surface area contributed by atoms with E-state index in [2.05, 4.69) is 0 Å². The molecule has 0 N–H and O–H groups in total. The minimum atomic E-state index is -0.335. The summed E-state index contributed by atoms with van der Waals surface area (Å²) in [6.45, 7) is 2.53. The van der Waals surface area contributed by atoms with Crippen LogP contribution in [0.25, 0.3) is 0 Å². The van der Waals surface area contributed by atoms with Gasteiger partial charge in [-0.3, -0.25) is 0 Å². The van der Waals surface area contributed by atoms with Gasteiger partial charge in [-0.15, -0.1) is 0 Å². The average molecular weight is 463 g/mol. The predicted molar refractivity (Wildman–Crippen MR) is 133 cm³/mol. The van der Waals surface area contributed by atoms with E-state index in [1.165, 1.54) is 0 Å². The van der Waals surface area contributed by atoms with Crippen molar-refractivity contribution in [2.45, 2.75) is 32.0 Å². The minimum Gasteiger partial charge on any atom is -0.374 e. The highest BCUT2D eigenvalue weighted by atomic mass is 16.7. The molecular formula is C29H34O5. The van der Waals surface area contributed by atoms with Gasteiger partial charge in [0.25, 0.3) is 0 Å². The van der Waals surface area contributed by atoms with Crippen molar-refractivity contribution in [1.82, 2.24) is 0 Å². The Bertz CT molecular complexity index is 915. The smallest absolute Gasteiger partial charge is 0.146 e. The van der Waals surface area contributed by atoms with Gasteiger partial charge >= 0.3 is 0 Å². The molecule has 0 fully saturated rings. The summed E-state index contributed by atoms with van der Waals surface area (Å²) < 4.78 is 29.1. The van der Waals surface area contributed by atoms with Crippen LogP contribution in [0.2, 0.25) is 0 Å². The van der Waals surface area contributed by atoms with E-state index in [1.54, 1.807) is 7.11 Å². The first-order valence-corrected chi connectivity index (χ1v) is 11.5. The fraction of sp³-hybridized carbons (Fsp3) is 0.310. The molecule has 3 aromatic carbocycles. The molecule has 0 aliphatic heterocycles. The molecule has 0 aromatic heterocycles. The molecular weight excluding hydrogens is 428 g/mol. The fourth-order valence-electron chi connectivity index (χ4n) is 3.32. The number of hydrogen-bond acceptors (Lipinski definition) is 5. The summed E-state index contributed by atoms with van der Waals surface area (Å²) in [6, 6.07) is 30.3. The molecule has 3 rings (SSSR count). The molecule has 0 radical (unpaired) electrons. The highest BCUT2D eigenvalue weighted by Crippen LogP contribution is 2.13. The van der Waals surface area contributed by atoms with Crippen molar-refractivity contribution in [2.75, 3.05) is 27.1 Å². The van der Waals surface area contributed by atoms with E-state index >= 15 is 0 Å². The molecule has 0 heterocycles. The predicted octanol–water partition coefficient (Wildman–Crippen LogP) is 5.55. The van der Waals surface area contributed by atoms with Crippen LogP contribution in [0.3, 0.4) is 0 Å². The highest BCUT2D eigenvalue weighted by Gasteiger charge is 2.21. The van der Waals surface area contributed by atoms with Gasteiger partial charge in [0.2, 0.25) is 0 Å². The fourth-order valence-corrected chi connectivity index (χ4v) is 3.32. The summed E-state index contributed by atoms with van der Waals surface area (Å²) in [5.74, 6) is 0. The van der Waals surface area contributed by atoms with Gasteiger partial charge in [0.05, 0.1) is 33.0 Å². The van der Waals surface area contributed by atoms with Gasteiger partial charge in [0.15, 0.2) is 0 Å². The van der Waals surface area contributed by atoms with Crippen molar-refractivity contribution >= 4 is 0 Å². The maximum atomic E-state index is 6.25. The van der Waals surface area contributed by atoms with Crippen LogP contribution in [0.4, 0.5) is 0 Å². The van der Waals surface area contributed by atoms with Crippen LogP contribution in [-0.2, 0) is 43.5 Å². The van der Waals surface area contributed by atoms with Gasteiger partial charge in [-0.1, -0.05) is 103 Å². The summed E-state index contributed by atoms with van der Waals surface area (Å²) in [7, 11) is 1.61. The molecule has 0 unspecified atom stereocenters. The van der Waals surface area contributed by atoms with Crippen molar-refractivity contribution in [3.05, 3.63) is 120 Å². The SMILES string of the molecule is COCO[C@H](COCc1ccccc1)[C@H](/C=C/COCc1ccccc1)OCc1ccccc1. The maximum absolute atomic E-state index is 6.25. The maximum Gasteiger partial charge on any atom is 0.146 e. The standard InChI is InChI=1S/C29H34O5/c1-30-24-34-29(23-32-21-26-14-7-3-8-15-26)28(33-22-27-16-9-4-10-17-27)18-11-19-31-20-25-12-5-2-6-13-25/h2-18,28-29H,19-24H2,1H3/b18-11+/t28-,29+/m0/s1. The first-order chi connectivity index (χ1) is 16.8. The molecule has 0 amide bonds. The summed E-state index contributed by atoms with van der Waals surface area (Å²) in [4.78, 5) is 0. The Hall–Kier alpha value is -2.80. The van der Waals surface area contributed by atoms with E-state index in [1.807, 2.05) is 103 Å². The molecule has 0 saturated heterocycles. The number of ether oxygens (including phenoxy) is 5. The van der Waals surface area contributed by atoms with Crippen molar-refractivity contribution in [3.63, 3.8) is 0 Å². The molecule has 0 spiro atoms. The Morgan fingerprint density at radius 1 is 0.647 bits per heavy atom. The molecule has 180 valence electrons. The monoisotopic (exact) mass is 462 g/mol. The van der Waals surface area contributed by atoms with Crippen molar-refractivity contribution in [2.24, 2.45) is 0 Å². The first kappa shape index (κ1) is 25.8. The van der Waals surface area contributed by atoms with Crippen molar-refractivity contribution in [1.29, 1.82) is 0 Å². The average Bonchev–Trinajstić information content (AvgIpc) is 2.90. The van der Waals surface area contributed by atoms with Gasteiger partial charge in [-0.2, -0.15) is 0 Å². The van der Waals surface area contributed by atoms with Gasteiger partial charge in [0, 0.05) is 7.11 Å². The normalized spacial score (nSPS) is 13.2. The second-order valence-corrected chi connectivity index (χ2v) is 7.80. The van der Waals surface area contributed by atoms with Crippen molar-refractivity contribution < 1.29 is 23.7 Å². The van der Waals surface area contributed by atoms with Gasteiger partial charge in [0.1, 0.15) is 19.0 Å². The molecule has 34 heavy (non-hydrogen) atoms. The molecule has 3 aromatic rings. The van der Waals surface area contributed by atoms with Gasteiger partial charge in [-0.25, -0.2) is 0 Å². The molecule has 0 bridgehead atoms. The third kappa shape index (κ3) is 10.00. The number of hydrogen-bond donors (Lipinski definition) is 0. The zero-order valence-corrected chi connectivity index (χ0v) is 19.8. The second kappa shape index (κ2) is 15.9. The lowest BCUT2D eigenvalue weighted by atomic mass is 10.1. The molecule has 5 heteroatoms. The van der Waals surface area contributed by atoms with E-state index in [4.69, 9.17) is 23.7 Å². The van der Waals surface area contributed by atoms with E-state index in [-0.39, 0.29) is 19.0 Å². The zero-order chi connectivity index (χ0) is 23.7. The lowest BCUT2D eigenvalue weighted by Gasteiger charge is -2.25. The van der Waals surface area contributed by atoms with E-state index in [0.717, 1.165) is 16.7 Å². The molecule has 0 aliphatic carbocycles. The third-order valence-electron chi connectivity index (χ3n) is 5.10. The largest absolute Gasteiger partial charge is 0.374 e. The summed E-state index contributed by atoms with van der Waals surface area (Å²) in [5, 5.41) is 0. The van der Waals surface area contributed by atoms with Crippen LogP contribution >= 0.6 is 0 Å². The lowest BCUT2D eigenvalue weighted by Crippen LogP contribution is -2.35. The Labute approximate surface area is 202 Å². The summed E-state index contributed by atoms with van der Waals surface area (Å²) in [6.07, 6.45) is 3.29. The second-order valence-electron chi connectivity index (χ2n) is 7.80. The van der Waals surface area contributed by atoms with Crippen LogP contribution in [0.15, 0.2) is 103 Å². The number of benzene rings is 3. The quantitative estimate of drug-likeness (QED) is 0.159. The zero-order valence-electron chi connectivity index (χ0n) is 19.8. The minimum absolute atomic E-state index is 0.156. The summed E-state index contributed by atoms with van der Waals surface area (Å²) in [5.41, 5.74) is 3.35. The van der Waals surface area contributed by atoms with Crippen LogP contribution < -0.4 is 0 Å². The van der Waals surface area contributed by atoms with E-state index in [9.17, 15) is 0 Å². The van der Waals surface area contributed by atoms with Crippen LogP contribution in [-0.4, -0.2) is 39.3 Å². The van der Waals surface area contributed by atoms with Crippen LogP contribution in [0, 0.1) is 0 Å². The summed E-state index contributed by atoms with van der Waals surface area (Å²) >= 11 is 0. The van der Waals surface area contributed by atoms with Gasteiger partial charge in [-0.05, 0) is 16.7 Å². The van der Waals surface area contributed by atoms with Crippen molar-refractivity contribution in [3.8, 4) is 0 Å². The van der Waals surface area contributed by atoms with Crippen LogP contribution in [0.1, 0.15) is 16.7 Å². The Balaban J connectivity index is 1.59.